The van der Waals surface area contributed by atoms with Crippen LogP contribution in [0.25, 0.3) is 16.6 Å². The van der Waals surface area contributed by atoms with Crippen molar-refractivity contribution in [1.29, 1.82) is 0 Å². The molecule has 204 valence electrons. The van der Waals surface area contributed by atoms with Gasteiger partial charge in [-0.15, -0.1) is 31.2 Å². The number of non-ortho nitro benzene ring substituents is 2. The van der Waals surface area contributed by atoms with Crippen LogP contribution in [0.15, 0.2) is 65.7 Å². The number of hydrogen-bond acceptors (Lipinski definition) is 8. The Morgan fingerprint density at radius 2 is 1.31 bits per heavy atom. The Hall–Kier alpha value is -5.29. The van der Waals surface area contributed by atoms with Gasteiger partial charge in [-0.05, 0) is 48.5 Å². The lowest BCUT2D eigenvalue weighted by Gasteiger charge is -2.11. The van der Waals surface area contributed by atoms with Crippen LogP contribution in [-0.4, -0.2) is 37.3 Å². The van der Waals surface area contributed by atoms with Crippen LogP contribution in [0.1, 0.15) is 0 Å². The van der Waals surface area contributed by atoms with Crippen molar-refractivity contribution in [3.8, 4) is 17.2 Å². The Labute approximate surface area is 210 Å². The second kappa shape index (κ2) is 9.54. The highest BCUT2D eigenvalue weighted by molar-refractivity contribution is 5.90. The van der Waals surface area contributed by atoms with Gasteiger partial charge in [-0.3, -0.25) is 20.2 Å². The van der Waals surface area contributed by atoms with E-state index in [4.69, 9.17) is 0 Å². The number of nitro groups is 2. The second-order valence-corrected chi connectivity index (χ2v) is 7.49. The molecule has 18 heteroatoms. The third-order valence-electron chi connectivity index (χ3n) is 4.94. The number of fused-ring (bicyclic) bond motifs is 1. The Bertz CT molecular complexity index is 1640. The fourth-order valence-electron chi connectivity index (χ4n) is 3.51. The number of aromatic nitrogens is 2. The van der Waals surface area contributed by atoms with E-state index in [2.05, 4.69) is 14.5 Å². The van der Waals surface area contributed by atoms with Gasteiger partial charge in [-0.25, -0.2) is 9.67 Å². The second-order valence-electron chi connectivity index (χ2n) is 7.49. The van der Waals surface area contributed by atoms with Crippen LogP contribution < -0.4 is 15.0 Å². The maximum Gasteiger partial charge on any atom is 0.573 e. The van der Waals surface area contributed by atoms with Crippen molar-refractivity contribution in [3.63, 3.8) is 0 Å². The number of ether oxygens (including phenoxy) is 2. The third-order valence-corrected chi connectivity index (χ3v) is 4.94. The molecule has 39 heavy (non-hydrogen) atoms. The molecule has 0 amide bonds. The predicted molar refractivity (Wildman–Crippen MR) is 117 cm³/mol. The van der Waals surface area contributed by atoms with Gasteiger partial charge in [-0.2, -0.15) is 0 Å². The molecule has 0 aliphatic carbocycles. The summed E-state index contributed by atoms with van der Waals surface area (Å²) in [5, 5.41) is 33.6. The minimum absolute atomic E-state index is 0.101. The van der Waals surface area contributed by atoms with Crippen molar-refractivity contribution >= 4 is 28.0 Å². The molecule has 1 aromatic heterocycles. The van der Waals surface area contributed by atoms with Crippen molar-refractivity contribution in [2.24, 2.45) is 4.99 Å². The molecule has 0 radical (unpaired) electrons. The average Bonchev–Trinajstić information content (AvgIpc) is 3.09. The third kappa shape index (κ3) is 5.84. The first-order valence-electron chi connectivity index (χ1n) is 10.2. The molecule has 1 heterocycles. The van der Waals surface area contributed by atoms with E-state index in [0.29, 0.717) is 6.07 Å². The minimum Gasteiger partial charge on any atom is -0.412 e. The molecule has 0 saturated carbocycles. The normalized spacial score (nSPS) is 12.5. The van der Waals surface area contributed by atoms with Gasteiger partial charge in [0.05, 0.1) is 27.3 Å². The van der Waals surface area contributed by atoms with Gasteiger partial charge in [0, 0.05) is 6.07 Å². The summed E-state index contributed by atoms with van der Waals surface area (Å²) >= 11 is 0. The Morgan fingerprint density at radius 3 is 1.77 bits per heavy atom. The average molecular weight is 559 g/mol. The van der Waals surface area contributed by atoms with E-state index in [1.807, 2.05) is 0 Å². The molecule has 4 aromatic rings. The lowest BCUT2D eigenvalue weighted by Crippen LogP contribution is -2.21. The number of nitrogens with zero attached hydrogens (tertiary/aromatic N) is 5. The summed E-state index contributed by atoms with van der Waals surface area (Å²) < 4.78 is 83.4. The quantitative estimate of drug-likeness (QED) is 0.142. The van der Waals surface area contributed by atoms with Crippen LogP contribution in [0, 0.1) is 20.2 Å². The van der Waals surface area contributed by atoms with Gasteiger partial charge in [0.1, 0.15) is 22.4 Å². The Balaban J connectivity index is 2.00. The Morgan fingerprint density at radius 1 is 0.795 bits per heavy atom. The molecule has 0 aliphatic rings. The van der Waals surface area contributed by atoms with Crippen molar-refractivity contribution < 1.29 is 50.9 Å². The monoisotopic (exact) mass is 559 g/mol. The van der Waals surface area contributed by atoms with Crippen LogP contribution in [0.2, 0.25) is 0 Å². The molecule has 0 aliphatic heterocycles. The number of rotatable bonds is 6. The maximum absolute atomic E-state index is 12.5. The number of benzene rings is 3. The highest BCUT2D eigenvalue weighted by Gasteiger charge is 2.32. The fraction of sp³-hybridized carbons (Fsp3) is 0.0952. The van der Waals surface area contributed by atoms with E-state index in [1.54, 1.807) is 0 Å². The number of alkyl halides is 6. The lowest BCUT2D eigenvalue weighted by atomic mass is 10.2. The van der Waals surface area contributed by atoms with E-state index in [-0.39, 0.29) is 16.2 Å². The molecule has 0 spiro atoms. The van der Waals surface area contributed by atoms with Crippen LogP contribution in [0.5, 0.6) is 11.5 Å². The van der Waals surface area contributed by atoms with Gasteiger partial charge in [0.25, 0.3) is 11.4 Å². The minimum atomic E-state index is -5.01. The van der Waals surface area contributed by atoms with E-state index in [1.165, 1.54) is 0 Å². The molecule has 3 aromatic carbocycles. The van der Waals surface area contributed by atoms with Crippen molar-refractivity contribution in [1.82, 2.24) is 9.53 Å². The zero-order chi connectivity index (χ0) is 28.7. The van der Waals surface area contributed by atoms with Crippen LogP contribution in [0.3, 0.4) is 0 Å². The SMILES string of the molecule is O=[N+]([O-])c1cc([N+](=O)[O-])c2c(=Nc3ccc(OC(F)(F)F)cc3)n(-c3ccc(OC(F)(F)F)cc3)n(O)c2c1. The molecular formula is C21H11F6N5O7. The molecule has 0 atom stereocenters. The summed E-state index contributed by atoms with van der Waals surface area (Å²) in [6, 6.07) is 9.01. The van der Waals surface area contributed by atoms with Gasteiger partial charge < -0.3 is 14.7 Å². The van der Waals surface area contributed by atoms with Crippen molar-refractivity contribution in [2.75, 3.05) is 0 Å². The first-order chi connectivity index (χ1) is 18.1. The van der Waals surface area contributed by atoms with E-state index in [0.717, 1.165) is 59.3 Å². The molecule has 0 saturated heterocycles. The molecule has 1 N–H and O–H groups in total. The van der Waals surface area contributed by atoms with Gasteiger partial charge >= 0.3 is 12.7 Å². The number of halogens is 6. The highest BCUT2D eigenvalue weighted by atomic mass is 19.4. The summed E-state index contributed by atoms with van der Waals surface area (Å²) in [6.07, 6.45) is -9.99. The van der Waals surface area contributed by atoms with Crippen LogP contribution >= 0.6 is 0 Å². The van der Waals surface area contributed by atoms with Gasteiger partial charge in [0.15, 0.2) is 5.49 Å². The summed E-state index contributed by atoms with van der Waals surface area (Å²) in [6.45, 7) is 0. The Kier molecular flexibility index (Phi) is 6.55. The van der Waals surface area contributed by atoms with Crippen molar-refractivity contribution in [3.05, 3.63) is 86.4 Å². The van der Waals surface area contributed by atoms with Crippen LogP contribution in [-0.2, 0) is 0 Å². The smallest absolute Gasteiger partial charge is 0.412 e. The summed E-state index contributed by atoms with van der Waals surface area (Å²) in [7, 11) is 0. The van der Waals surface area contributed by atoms with Crippen LogP contribution in [0.4, 0.5) is 43.4 Å². The van der Waals surface area contributed by atoms with Crippen molar-refractivity contribution in [2.45, 2.75) is 12.7 Å². The standard InChI is InChI=1S/C21H11F6N5O7/c22-20(23,24)38-14-5-1-11(2-6-14)28-19-18-16(9-13(31(34)35)10-17(18)32(36)37)30(33)29(19)12-3-7-15(8-4-12)39-21(25,26)27/h1-10,33H. The highest BCUT2D eigenvalue weighted by Crippen LogP contribution is 2.31. The first kappa shape index (κ1) is 26.8. The predicted octanol–water partition coefficient (Wildman–Crippen LogP) is 5.52. The molecule has 12 nitrogen and oxygen atoms in total. The number of hydrogen-bond donors (Lipinski definition) is 1. The lowest BCUT2D eigenvalue weighted by molar-refractivity contribution is -0.393. The molecule has 0 fully saturated rings. The van der Waals surface area contributed by atoms with Gasteiger partial charge in [0.2, 0.25) is 0 Å². The first-order valence-corrected chi connectivity index (χ1v) is 10.2. The summed E-state index contributed by atoms with van der Waals surface area (Å²) in [5.41, 5.74) is -2.80. The van der Waals surface area contributed by atoms with E-state index >= 15 is 0 Å². The molecule has 4 rings (SSSR count). The zero-order valence-electron chi connectivity index (χ0n) is 18.7. The molecule has 0 bridgehead atoms. The van der Waals surface area contributed by atoms with E-state index in [9.17, 15) is 51.8 Å². The topological polar surface area (TPSA) is 147 Å². The largest absolute Gasteiger partial charge is 0.573 e. The zero-order valence-corrected chi connectivity index (χ0v) is 18.7. The maximum atomic E-state index is 12.5. The molecular weight excluding hydrogens is 548 g/mol. The number of nitro benzene ring substituents is 2. The van der Waals surface area contributed by atoms with Gasteiger partial charge in [-0.1, -0.05) is 0 Å². The van der Waals surface area contributed by atoms with E-state index < -0.39 is 61.8 Å². The summed E-state index contributed by atoms with van der Waals surface area (Å²) in [4.78, 5) is 25.6. The molecule has 0 unspecified atom stereocenters. The fourth-order valence-corrected chi connectivity index (χ4v) is 3.51. The summed E-state index contributed by atoms with van der Waals surface area (Å²) in [5.74, 6) is -1.26.